The van der Waals surface area contributed by atoms with Crippen LogP contribution in [0.2, 0.25) is 0 Å². The zero-order valence-corrected chi connectivity index (χ0v) is 12.9. The second-order valence-corrected chi connectivity index (χ2v) is 5.89. The van der Waals surface area contributed by atoms with Crippen molar-refractivity contribution in [1.82, 2.24) is 9.97 Å². The number of hydrogen-bond donors (Lipinski definition) is 2. The number of thiazole rings is 1. The van der Waals surface area contributed by atoms with Crippen molar-refractivity contribution in [3.8, 4) is 5.88 Å². The summed E-state index contributed by atoms with van der Waals surface area (Å²) in [5.41, 5.74) is 0.571. The van der Waals surface area contributed by atoms with Gasteiger partial charge in [-0.1, -0.05) is 0 Å². The Labute approximate surface area is 126 Å². The summed E-state index contributed by atoms with van der Waals surface area (Å²) in [6, 6.07) is 3.72. The molecule has 0 saturated heterocycles. The first kappa shape index (κ1) is 15.2. The number of anilines is 1. The van der Waals surface area contributed by atoms with Gasteiger partial charge in [0.15, 0.2) is 5.13 Å². The van der Waals surface area contributed by atoms with Gasteiger partial charge in [-0.25, -0.2) is 9.97 Å². The fraction of sp³-hybridized carbons (Fsp3) is 0.357. The van der Waals surface area contributed by atoms with E-state index in [0.29, 0.717) is 23.3 Å². The minimum absolute atomic E-state index is 0.551. The average Bonchev–Trinajstić information content (AvgIpc) is 2.94. The lowest BCUT2D eigenvalue weighted by atomic mass is 9.90. The highest BCUT2D eigenvalue weighted by molar-refractivity contribution is 7.13. The lowest BCUT2D eigenvalue weighted by Gasteiger charge is -2.15. The van der Waals surface area contributed by atoms with Crippen LogP contribution in [0.15, 0.2) is 23.7 Å². The molecule has 0 aliphatic carbocycles. The van der Waals surface area contributed by atoms with Crippen molar-refractivity contribution in [2.24, 2.45) is 0 Å². The molecule has 0 unspecified atom stereocenters. The van der Waals surface area contributed by atoms with Gasteiger partial charge in [-0.05, 0) is 25.5 Å². The van der Waals surface area contributed by atoms with E-state index < -0.39 is 11.4 Å². The SMILES string of the molecule is COc1cc(CNc2nc(C(C)(C)C(=O)O)cs2)ccn1. The smallest absolute Gasteiger partial charge is 0.315 e. The molecule has 0 aromatic carbocycles. The van der Waals surface area contributed by atoms with Crippen molar-refractivity contribution in [3.05, 3.63) is 35.0 Å². The van der Waals surface area contributed by atoms with Crippen LogP contribution in [0.5, 0.6) is 5.88 Å². The van der Waals surface area contributed by atoms with Gasteiger partial charge in [0.1, 0.15) is 5.41 Å². The van der Waals surface area contributed by atoms with Crippen LogP contribution in [-0.4, -0.2) is 28.2 Å². The molecule has 2 heterocycles. The normalized spacial score (nSPS) is 11.2. The van der Waals surface area contributed by atoms with Crippen LogP contribution in [0.3, 0.4) is 0 Å². The zero-order valence-electron chi connectivity index (χ0n) is 12.1. The molecule has 0 aliphatic heterocycles. The van der Waals surface area contributed by atoms with Gasteiger partial charge < -0.3 is 15.2 Å². The van der Waals surface area contributed by atoms with E-state index in [4.69, 9.17) is 4.74 Å². The van der Waals surface area contributed by atoms with E-state index in [1.165, 1.54) is 11.3 Å². The van der Waals surface area contributed by atoms with E-state index >= 15 is 0 Å². The third-order valence-corrected chi connectivity index (χ3v) is 3.93. The number of carboxylic acid groups (broad SMARTS) is 1. The van der Waals surface area contributed by atoms with Crippen molar-refractivity contribution in [2.45, 2.75) is 25.8 Å². The fourth-order valence-corrected chi connectivity index (χ4v) is 2.48. The highest BCUT2D eigenvalue weighted by atomic mass is 32.1. The number of pyridine rings is 1. The largest absolute Gasteiger partial charge is 0.481 e. The maximum atomic E-state index is 11.2. The summed E-state index contributed by atoms with van der Waals surface area (Å²) < 4.78 is 5.06. The van der Waals surface area contributed by atoms with Crippen molar-refractivity contribution >= 4 is 22.4 Å². The first-order valence-corrected chi connectivity index (χ1v) is 7.23. The number of aliphatic carboxylic acids is 1. The van der Waals surface area contributed by atoms with E-state index in [9.17, 15) is 9.90 Å². The second-order valence-electron chi connectivity index (χ2n) is 5.03. The highest BCUT2D eigenvalue weighted by Gasteiger charge is 2.32. The van der Waals surface area contributed by atoms with Crippen LogP contribution in [-0.2, 0) is 16.8 Å². The van der Waals surface area contributed by atoms with Gasteiger partial charge in [0, 0.05) is 24.2 Å². The van der Waals surface area contributed by atoms with Crippen molar-refractivity contribution in [3.63, 3.8) is 0 Å². The van der Waals surface area contributed by atoms with E-state index in [-0.39, 0.29) is 0 Å². The zero-order chi connectivity index (χ0) is 15.5. The number of nitrogens with one attached hydrogen (secondary N) is 1. The van der Waals surface area contributed by atoms with Gasteiger partial charge in [0.2, 0.25) is 5.88 Å². The minimum Gasteiger partial charge on any atom is -0.481 e. The second kappa shape index (κ2) is 6.09. The molecule has 2 aromatic heterocycles. The summed E-state index contributed by atoms with van der Waals surface area (Å²) in [5.74, 6) is -0.334. The molecule has 6 nitrogen and oxygen atoms in total. The molecule has 0 atom stereocenters. The maximum Gasteiger partial charge on any atom is 0.315 e. The Morgan fingerprint density at radius 3 is 2.95 bits per heavy atom. The summed E-state index contributed by atoms with van der Waals surface area (Å²) in [5, 5.41) is 14.8. The van der Waals surface area contributed by atoms with Gasteiger partial charge in [0.25, 0.3) is 0 Å². The monoisotopic (exact) mass is 307 g/mol. The van der Waals surface area contributed by atoms with Gasteiger partial charge in [-0.15, -0.1) is 11.3 Å². The summed E-state index contributed by atoms with van der Waals surface area (Å²) >= 11 is 1.39. The first-order valence-electron chi connectivity index (χ1n) is 6.35. The van der Waals surface area contributed by atoms with E-state index in [1.807, 2.05) is 12.1 Å². The number of nitrogens with zero attached hydrogens (tertiary/aromatic N) is 2. The lowest BCUT2D eigenvalue weighted by Crippen LogP contribution is -2.28. The molecule has 0 bridgehead atoms. The van der Waals surface area contributed by atoms with Crippen molar-refractivity contribution in [1.29, 1.82) is 0 Å². The number of rotatable bonds is 6. The molecule has 2 aromatic rings. The number of hydrogen-bond acceptors (Lipinski definition) is 6. The lowest BCUT2D eigenvalue weighted by molar-refractivity contribution is -0.142. The molecule has 0 aliphatic rings. The molecule has 0 fully saturated rings. The van der Waals surface area contributed by atoms with Crippen LogP contribution < -0.4 is 10.1 Å². The Hall–Kier alpha value is -2.15. The molecular formula is C14H17N3O3S. The quantitative estimate of drug-likeness (QED) is 0.853. The third kappa shape index (κ3) is 3.49. The van der Waals surface area contributed by atoms with Gasteiger partial charge in [-0.3, -0.25) is 4.79 Å². The van der Waals surface area contributed by atoms with Crippen LogP contribution >= 0.6 is 11.3 Å². The van der Waals surface area contributed by atoms with Crippen molar-refractivity contribution in [2.75, 3.05) is 12.4 Å². The van der Waals surface area contributed by atoms with Crippen LogP contribution in [0.25, 0.3) is 0 Å². The molecule has 0 amide bonds. The summed E-state index contributed by atoms with van der Waals surface area (Å²) in [7, 11) is 1.57. The summed E-state index contributed by atoms with van der Waals surface area (Å²) in [6.45, 7) is 3.85. The molecule has 0 saturated carbocycles. The molecule has 0 radical (unpaired) electrons. The van der Waals surface area contributed by atoms with Crippen LogP contribution in [0, 0.1) is 0 Å². The van der Waals surface area contributed by atoms with Gasteiger partial charge in [-0.2, -0.15) is 0 Å². The molecule has 0 spiro atoms. The molecule has 112 valence electrons. The molecule has 7 heteroatoms. The summed E-state index contributed by atoms with van der Waals surface area (Å²) in [6.07, 6.45) is 1.68. The van der Waals surface area contributed by atoms with Crippen LogP contribution in [0.4, 0.5) is 5.13 Å². The minimum atomic E-state index is -0.990. The Bertz CT molecular complexity index is 640. The molecular weight excluding hydrogens is 290 g/mol. The topological polar surface area (TPSA) is 84.3 Å². The molecule has 2 N–H and O–H groups in total. The molecule has 2 rings (SSSR count). The number of ether oxygens (including phenoxy) is 1. The van der Waals surface area contributed by atoms with Crippen LogP contribution in [0.1, 0.15) is 25.1 Å². The number of carboxylic acids is 1. The number of carbonyl (C=O) groups is 1. The standard InChI is InChI=1S/C14H17N3O3S/c1-14(2,12(18)19)10-8-21-13(17-10)16-7-9-4-5-15-11(6-9)20-3/h4-6,8H,7H2,1-3H3,(H,16,17)(H,18,19). The predicted molar refractivity (Wildman–Crippen MR) is 80.9 cm³/mol. The van der Waals surface area contributed by atoms with Gasteiger partial charge in [0.05, 0.1) is 12.8 Å². The third-order valence-electron chi connectivity index (χ3n) is 3.13. The Morgan fingerprint density at radius 2 is 2.29 bits per heavy atom. The highest BCUT2D eigenvalue weighted by Crippen LogP contribution is 2.27. The summed E-state index contributed by atoms with van der Waals surface area (Å²) in [4.78, 5) is 19.6. The van der Waals surface area contributed by atoms with Crippen molar-refractivity contribution < 1.29 is 14.6 Å². The van der Waals surface area contributed by atoms with E-state index in [0.717, 1.165) is 5.56 Å². The molecule has 21 heavy (non-hydrogen) atoms. The Balaban J connectivity index is 2.04. The van der Waals surface area contributed by atoms with Gasteiger partial charge >= 0.3 is 5.97 Å². The van der Waals surface area contributed by atoms with E-state index in [1.54, 1.807) is 32.5 Å². The average molecular weight is 307 g/mol. The maximum absolute atomic E-state index is 11.2. The fourth-order valence-electron chi connectivity index (χ4n) is 1.60. The Kier molecular flexibility index (Phi) is 4.42. The Morgan fingerprint density at radius 1 is 1.52 bits per heavy atom. The number of methoxy groups -OCH3 is 1. The predicted octanol–water partition coefficient (Wildman–Crippen LogP) is 2.52. The van der Waals surface area contributed by atoms with E-state index in [2.05, 4.69) is 15.3 Å². The number of aromatic nitrogens is 2. The first-order chi connectivity index (χ1) is 9.93.